The van der Waals surface area contributed by atoms with Crippen molar-refractivity contribution in [3.8, 4) is 11.5 Å². The topological polar surface area (TPSA) is 69.8 Å². The molecular weight excluding hydrogens is 361 g/mol. The molecule has 2 heterocycles. The summed E-state index contributed by atoms with van der Waals surface area (Å²) in [5.41, 5.74) is 1.60. The Bertz CT molecular complexity index is 715. The molecule has 1 aromatic carbocycles. The van der Waals surface area contributed by atoms with Gasteiger partial charge in [0.1, 0.15) is 12.1 Å². The van der Waals surface area contributed by atoms with Crippen molar-refractivity contribution in [3.63, 3.8) is 0 Å². The van der Waals surface area contributed by atoms with Gasteiger partial charge in [-0.25, -0.2) is 9.37 Å². The number of nitrogens with zero attached hydrogens (tertiary/aromatic N) is 3. The quantitative estimate of drug-likeness (QED) is 0.827. The molecule has 1 aliphatic rings. The number of oxazole rings is 1. The zero-order valence-electron chi connectivity index (χ0n) is 14.6. The summed E-state index contributed by atoms with van der Waals surface area (Å²) in [5, 5.41) is 8.88. The van der Waals surface area contributed by atoms with Gasteiger partial charge >= 0.3 is 5.97 Å². The van der Waals surface area contributed by atoms with Crippen LogP contribution < -0.4 is 0 Å². The Hall–Kier alpha value is -1.96. The van der Waals surface area contributed by atoms with Gasteiger partial charge in [0.05, 0.1) is 12.2 Å². The Morgan fingerprint density at radius 1 is 1.35 bits per heavy atom. The van der Waals surface area contributed by atoms with Crippen molar-refractivity contribution in [3.05, 3.63) is 42.0 Å². The number of aromatic nitrogens is 1. The number of hydrogen-bond donors (Lipinski definition) is 1. The van der Waals surface area contributed by atoms with Crippen LogP contribution in [0.3, 0.4) is 0 Å². The molecule has 0 unspecified atom stereocenters. The van der Waals surface area contributed by atoms with Gasteiger partial charge in [-0.05, 0) is 44.2 Å². The van der Waals surface area contributed by atoms with Crippen molar-refractivity contribution in [1.29, 1.82) is 0 Å². The maximum absolute atomic E-state index is 13.0. The highest BCUT2D eigenvalue weighted by molar-refractivity contribution is 5.85. The van der Waals surface area contributed by atoms with Gasteiger partial charge in [-0.1, -0.05) is 0 Å². The van der Waals surface area contributed by atoms with Crippen molar-refractivity contribution >= 4 is 18.4 Å². The minimum atomic E-state index is -0.791. The summed E-state index contributed by atoms with van der Waals surface area (Å²) in [5.74, 6) is -0.585. The van der Waals surface area contributed by atoms with E-state index in [1.807, 2.05) is 11.9 Å². The third-order valence-electron chi connectivity index (χ3n) is 4.59. The monoisotopic (exact) mass is 383 g/mol. The van der Waals surface area contributed by atoms with Crippen LogP contribution in [0.5, 0.6) is 0 Å². The van der Waals surface area contributed by atoms with E-state index in [1.165, 1.54) is 12.1 Å². The fraction of sp³-hybridized carbons (Fsp3) is 0.444. The summed E-state index contributed by atoms with van der Waals surface area (Å²) >= 11 is 0. The zero-order chi connectivity index (χ0) is 17.8. The van der Waals surface area contributed by atoms with Gasteiger partial charge in [-0.3, -0.25) is 14.6 Å². The van der Waals surface area contributed by atoms with Crippen LogP contribution >= 0.6 is 12.4 Å². The second-order valence-electron chi connectivity index (χ2n) is 6.47. The highest BCUT2D eigenvalue weighted by Crippen LogP contribution is 2.21. The van der Waals surface area contributed by atoms with E-state index in [0.29, 0.717) is 18.5 Å². The Balaban J connectivity index is 0.00000243. The number of likely N-dealkylation sites (tertiary alicyclic amines) is 1. The van der Waals surface area contributed by atoms with Crippen LogP contribution in [-0.4, -0.2) is 58.6 Å². The normalized spacial score (nSPS) is 15.8. The summed E-state index contributed by atoms with van der Waals surface area (Å²) in [6, 6.07) is 6.37. The molecule has 0 saturated carbocycles. The molecule has 1 saturated heterocycles. The van der Waals surface area contributed by atoms with Crippen molar-refractivity contribution in [2.45, 2.75) is 25.4 Å². The first-order valence-corrected chi connectivity index (χ1v) is 8.36. The van der Waals surface area contributed by atoms with Crippen LogP contribution in [0.15, 0.2) is 34.9 Å². The number of likely N-dealkylation sites (N-methyl/N-ethyl adjacent to an activating group) is 1. The standard InChI is InChI=1S/C18H22FN3O3.ClH/c1-21(11-17(23)24)16-6-8-22(9-7-16)10-15-12-25-18(20-15)13-2-4-14(19)5-3-13;/h2-5,12,16H,6-11H2,1H3,(H,23,24);1H. The molecule has 1 fully saturated rings. The summed E-state index contributed by atoms with van der Waals surface area (Å²) < 4.78 is 18.5. The molecule has 1 aliphatic heterocycles. The summed E-state index contributed by atoms with van der Waals surface area (Å²) in [4.78, 5) is 19.5. The molecular formula is C18H23ClFN3O3. The molecule has 3 rings (SSSR count). The lowest BCUT2D eigenvalue weighted by Gasteiger charge is -2.35. The van der Waals surface area contributed by atoms with Crippen molar-refractivity contribution in [1.82, 2.24) is 14.8 Å². The molecule has 0 radical (unpaired) electrons. The minimum absolute atomic E-state index is 0. The number of rotatable bonds is 6. The third-order valence-corrected chi connectivity index (χ3v) is 4.59. The average Bonchev–Trinajstić information content (AvgIpc) is 3.04. The predicted molar refractivity (Wildman–Crippen MR) is 97.7 cm³/mol. The predicted octanol–water partition coefficient (Wildman–Crippen LogP) is 2.88. The van der Waals surface area contributed by atoms with Gasteiger partial charge in [-0.15, -0.1) is 12.4 Å². The molecule has 1 N–H and O–H groups in total. The molecule has 142 valence electrons. The van der Waals surface area contributed by atoms with Gasteiger partial charge < -0.3 is 9.52 Å². The Morgan fingerprint density at radius 3 is 2.62 bits per heavy atom. The average molecular weight is 384 g/mol. The molecule has 8 heteroatoms. The SMILES string of the molecule is CN(CC(=O)O)C1CCN(Cc2coc(-c3ccc(F)cc3)n2)CC1.Cl. The fourth-order valence-electron chi connectivity index (χ4n) is 3.19. The Morgan fingerprint density at radius 2 is 2.00 bits per heavy atom. The maximum atomic E-state index is 13.0. The molecule has 26 heavy (non-hydrogen) atoms. The number of carboxylic acid groups (broad SMARTS) is 1. The second kappa shape index (κ2) is 9.12. The van der Waals surface area contributed by atoms with Gasteiger partial charge in [-0.2, -0.15) is 0 Å². The molecule has 0 bridgehead atoms. The van der Waals surface area contributed by atoms with E-state index in [4.69, 9.17) is 9.52 Å². The molecule has 0 spiro atoms. The molecule has 0 amide bonds. The smallest absolute Gasteiger partial charge is 0.317 e. The minimum Gasteiger partial charge on any atom is -0.480 e. The number of carboxylic acids is 1. The number of benzene rings is 1. The van der Waals surface area contributed by atoms with Gasteiger partial charge in [0.15, 0.2) is 0 Å². The van der Waals surface area contributed by atoms with E-state index >= 15 is 0 Å². The van der Waals surface area contributed by atoms with E-state index in [9.17, 15) is 9.18 Å². The van der Waals surface area contributed by atoms with Crippen LogP contribution in [0.4, 0.5) is 4.39 Å². The van der Waals surface area contributed by atoms with E-state index in [-0.39, 0.29) is 24.8 Å². The van der Waals surface area contributed by atoms with Crippen LogP contribution in [0.1, 0.15) is 18.5 Å². The van der Waals surface area contributed by atoms with Crippen LogP contribution in [-0.2, 0) is 11.3 Å². The van der Waals surface area contributed by atoms with Gasteiger partial charge in [0.2, 0.25) is 5.89 Å². The Kier molecular flexibility index (Phi) is 7.14. The number of carbonyl (C=O) groups is 1. The summed E-state index contributed by atoms with van der Waals surface area (Å²) in [6.07, 6.45) is 3.51. The second-order valence-corrected chi connectivity index (χ2v) is 6.47. The first kappa shape index (κ1) is 20.4. The first-order valence-electron chi connectivity index (χ1n) is 8.36. The molecule has 0 atom stereocenters. The molecule has 1 aromatic heterocycles. The van der Waals surface area contributed by atoms with E-state index in [0.717, 1.165) is 37.2 Å². The van der Waals surface area contributed by atoms with E-state index in [1.54, 1.807) is 18.4 Å². The van der Waals surface area contributed by atoms with Crippen molar-refractivity contribution in [2.24, 2.45) is 0 Å². The lowest BCUT2D eigenvalue weighted by atomic mass is 10.0. The third kappa shape index (κ3) is 5.27. The Labute approximate surface area is 158 Å². The highest BCUT2D eigenvalue weighted by Gasteiger charge is 2.24. The molecule has 6 nitrogen and oxygen atoms in total. The van der Waals surface area contributed by atoms with Crippen molar-refractivity contribution < 1.29 is 18.7 Å². The largest absolute Gasteiger partial charge is 0.480 e. The maximum Gasteiger partial charge on any atom is 0.317 e. The summed E-state index contributed by atoms with van der Waals surface area (Å²) in [7, 11) is 1.86. The summed E-state index contributed by atoms with van der Waals surface area (Å²) in [6.45, 7) is 2.57. The lowest BCUT2D eigenvalue weighted by Crippen LogP contribution is -2.44. The fourth-order valence-corrected chi connectivity index (χ4v) is 3.19. The lowest BCUT2D eigenvalue weighted by molar-refractivity contribution is -0.138. The first-order chi connectivity index (χ1) is 12.0. The molecule has 2 aromatic rings. The number of aliphatic carboxylic acids is 1. The highest BCUT2D eigenvalue weighted by atomic mass is 35.5. The van der Waals surface area contributed by atoms with Gasteiger partial charge in [0, 0.05) is 31.2 Å². The van der Waals surface area contributed by atoms with Gasteiger partial charge in [0.25, 0.3) is 0 Å². The number of piperidine rings is 1. The molecule has 0 aliphatic carbocycles. The van der Waals surface area contributed by atoms with E-state index < -0.39 is 5.97 Å². The van der Waals surface area contributed by atoms with Crippen LogP contribution in [0.25, 0.3) is 11.5 Å². The number of hydrogen-bond acceptors (Lipinski definition) is 5. The van der Waals surface area contributed by atoms with Crippen LogP contribution in [0.2, 0.25) is 0 Å². The zero-order valence-corrected chi connectivity index (χ0v) is 15.4. The van der Waals surface area contributed by atoms with Crippen LogP contribution in [0, 0.1) is 5.82 Å². The number of halogens is 2. The van der Waals surface area contributed by atoms with E-state index in [2.05, 4.69) is 9.88 Å². The van der Waals surface area contributed by atoms with Crippen molar-refractivity contribution in [2.75, 3.05) is 26.7 Å².